The van der Waals surface area contributed by atoms with E-state index in [0.717, 1.165) is 25.7 Å². The Morgan fingerprint density at radius 3 is 2.31 bits per heavy atom. The van der Waals surface area contributed by atoms with Crippen LogP contribution in [0.1, 0.15) is 37.7 Å². The van der Waals surface area contributed by atoms with E-state index in [2.05, 4.69) is 5.32 Å². The lowest BCUT2D eigenvalue weighted by Gasteiger charge is -2.27. The number of carbonyl (C=O) groups is 3. The average molecular weight is 464 g/mol. The lowest BCUT2D eigenvalue weighted by Crippen LogP contribution is -2.41. The molecule has 10 heteroatoms. The van der Waals surface area contributed by atoms with Gasteiger partial charge in [-0.3, -0.25) is 19.3 Å². The summed E-state index contributed by atoms with van der Waals surface area (Å²) < 4.78 is 32.7. The van der Waals surface area contributed by atoms with Gasteiger partial charge in [-0.25, -0.2) is 8.42 Å². The summed E-state index contributed by atoms with van der Waals surface area (Å²) in [5, 5.41) is 2.73. The highest BCUT2D eigenvalue weighted by atomic mass is 32.2. The van der Waals surface area contributed by atoms with Crippen molar-refractivity contribution in [2.45, 2.75) is 43.5 Å². The quantitative estimate of drug-likeness (QED) is 0.601. The number of amides is 3. The van der Waals surface area contributed by atoms with Gasteiger partial charge in [-0.2, -0.15) is 4.31 Å². The fraction of sp³-hybridized carbons (Fsp3) is 0.591. The number of fused-ring (bicyclic) bond motifs is 1. The fourth-order valence-corrected chi connectivity index (χ4v) is 6.40. The molecule has 2 heterocycles. The molecule has 1 N–H and O–H groups in total. The SMILES string of the molecule is O=C(CCN1C(=O)[C@H]2CCCC[C@H]2C1=O)NCc1ccccc1S(=O)(=O)N1CCOCC1. The van der Waals surface area contributed by atoms with Gasteiger partial charge in [-0.1, -0.05) is 31.0 Å². The number of carbonyl (C=O) groups excluding carboxylic acids is 3. The summed E-state index contributed by atoms with van der Waals surface area (Å²) >= 11 is 0. The largest absolute Gasteiger partial charge is 0.379 e. The number of likely N-dealkylation sites (tertiary alicyclic amines) is 1. The molecule has 0 aromatic heterocycles. The van der Waals surface area contributed by atoms with Crippen LogP contribution in [0.5, 0.6) is 0 Å². The van der Waals surface area contributed by atoms with Crippen molar-refractivity contribution in [3.63, 3.8) is 0 Å². The van der Waals surface area contributed by atoms with Gasteiger partial charge >= 0.3 is 0 Å². The summed E-state index contributed by atoms with van der Waals surface area (Å²) in [6.45, 7) is 1.41. The van der Waals surface area contributed by atoms with Gasteiger partial charge in [0.25, 0.3) is 0 Å². The Morgan fingerprint density at radius 1 is 1.03 bits per heavy atom. The van der Waals surface area contributed by atoms with E-state index < -0.39 is 10.0 Å². The number of morpholine rings is 1. The van der Waals surface area contributed by atoms with Crippen LogP contribution in [0.4, 0.5) is 0 Å². The molecule has 2 saturated heterocycles. The number of sulfonamides is 1. The number of hydrogen-bond donors (Lipinski definition) is 1. The van der Waals surface area contributed by atoms with Crippen molar-refractivity contribution in [1.29, 1.82) is 0 Å². The van der Waals surface area contributed by atoms with Crippen molar-refractivity contribution in [3.8, 4) is 0 Å². The zero-order chi connectivity index (χ0) is 22.7. The highest BCUT2D eigenvalue weighted by molar-refractivity contribution is 7.89. The lowest BCUT2D eigenvalue weighted by molar-refractivity contribution is -0.140. The first kappa shape index (κ1) is 22.9. The van der Waals surface area contributed by atoms with Gasteiger partial charge < -0.3 is 10.1 Å². The Labute approximate surface area is 188 Å². The Morgan fingerprint density at radius 2 is 1.66 bits per heavy atom. The Kier molecular flexibility index (Phi) is 6.92. The van der Waals surface area contributed by atoms with Crippen molar-refractivity contribution in [1.82, 2.24) is 14.5 Å². The van der Waals surface area contributed by atoms with E-state index in [1.807, 2.05) is 0 Å². The van der Waals surface area contributed by atoms with Crippen LogP contribution in [0.3, 0.4) is 0 Å². The number of ether oxygens (including phenoxy) is 1. The molecule has 174 valence electrons. The zero-order valence-corrected chi connectivity index (χ0v) is 18.8. The second-order valence-corrected chi connectivity index (χ2v) is 10.4. The van der Waals surface area contributed by atoms with Crippen molar-refractivity contribution >= 4 is 27.7 Å². The number of nitrogens with one attached hydrogen (secondary N) is 1. The second kappa shape index (κ2) is 9.68. The molecule has 32 heavy (non-hydrogen) atoms. The highest BCUT2D eigenvalue weighted by Gasteiger charge is 2.47. The molecule has 3 amide bonds. The average Bonchev–Trinajstić information content (AvgIpc) is 3.07. The number of rotatable bonds is 7. The summed E-state index contributed by atoms with van der Waals surface area (Å²) in [6, 6.07) is 6.59. The van der Waals surface area contributed by atoms with Crippen LogP contribution in [0.25, 0.3) is 0 Å². The van der Waals surface area contributed by atoms with E-state index in [9.17, 15) is 22.8 Å². The van der Waals surface area contributed by atoms with E-state index in [0.29, 0.717) is 31.9 Å². The second-order valence-electron chi connectivity index (χ2n) is 8.48. The van der Waals surface area contributed by atoms with E-state index in [-0.39, 0.29) is 54.0 Å². The minimum atomic E-state index is -3.69. The maximum atomic E-state index is 13.0. The van der Waals surface area contributed by atoms with Crippen molar-refractivity contribution < 1.29 is 27.5 Å². The molecule has 0 unspecified atom stereocenters. The fourth-order valence-electron chi connectivity index (χ4n) is 4.77. The van der Waals surface area contributed by atoms with Gasteiger partial charge in [0.05, 0.1) is 29.9 Å². The van der Waals surface area contributed by atoms with Gasteiger partial charge in [0, 0.05) is 32.6 Å². The molecular formula is C22H29N3O6S. The first-order valence-electron chi connectivity index (χ1n) is 11.2. The predicted octanol–water partition coefficient (Wildman–Crippen LogP) is 0.889. The molecular weight excluding hydrogens is 434 g/mol. The first-order valence-corrected chi connectivity index (χ1v) is 12.6. The number of nitrogens with zero attached hydrogens (tertiary/aromatic N) is 2. The smallest absolute Gasteiger partial charge is 0.243 e. The molecule has 3 aliphatic rings. The summed E-state index contributed by atoms with van der Waals surface area (Å²) in [6.07, 6.45) is 3.40. The number of hydrogen-bond acceptors (Lipinski definition) is 6. The van der Waals surface area contributed by atoms with Crippen LogP contribution in [-0.2, 0) is 35.7 Å². The summed E-state index contributed by atoms with van der Waals surface area (Å²) in [7, 11) is -3.69. The third-order valence-corrected chi connectivity index (χ3v) is 8.53. The minimum Gasteiger partial charge on any atom is -0.379 e. The van der Waals surface area contributed by atoms with Gasteiger partial charge in [-0.05, 0) is 24.5 Å². The summed E-state index contributed by atoms with van der Waals surface area (Å²) in [4.78, 5) is 38.9. The molecule has 1 saturated carbocycles. The van der Waals surface area contributed by atoms with Crippen LogP contribution in [0.15, 0.2) is 29.2 Å². The Hall–Kier alpha value is -2.30. The Balaban J connectivity index is 1.35. The molecule has 1 aromatic carbocycles. The van der Waals surface area contributed by atoms with Gasteiger partial charge in [0.2, 0.25) is 27.7 Å². The van der Waals surface area contributed by atoms with E-state index >= 15 is 0 Å². The van der Waals surface area contributed by atoms with Crippen LogP contribution >= 0.6 is 0 Å². The zero-order valence-electron chi connectivity index (χ0n) is 18.0. The number of benzene rings is 1. The van der Waals surface area contributed by atoms with Crippen LogP contribution in [0, 0.1) is 11.8 Å². The molecule has 2 aliphatic heterocycles. The first-order chi connectivity index (χ1) is 15.4. The van der Waals surface area contributed by atoms with E-state index in [1.54, 1.807) is 18.2 Å². The summed E-state index contributed by atoms with van der Waals surface area (Å²) in [5.74, 6) is -1.10. The van der Waals surface area contributed by atoms with Gasteiger partial charge in [-0.15, -0.1) is 0 Å². The molecule has 2 atom stereocenters. The van der Waals surface area contributed by atoms with Crippen molar-refractivity contribution in [2.24, 2.45) is 11.8 Å². The van der Waals surface area contributed by atoms with Gasteiger partial charge in [0.1, 0.15) is 0 Å². The maximum Gasteiger partial charge on any atom is 0.243 e. The topological polar surface area (TPSA) is 113 Å². The third kappa shape index (κ3) is 4.57. The molecule has 4 rings (SSSR count). The lowest BCUT2D eigenvalue weighted by atomic mass is 9.81. The predicted molar refractivity (Wildman–Crippen MR) is 115 cm³/mol. The van der Waals surface area contributed by atoms with Crippen LogP contribution < -0.4 is 5.32 Å². The molecule has 1 aromatic rings. The molecule has 1 aliphatic carbocycles. The van der Waals surface area contributed by atoms with E-state index in [1.165, 1.54) is 15.3 Å². The Bertz CT molecular complexity index is 965. The molecule has 0 spiro atoms. The maximum absolute atomic E-state index is 13.0. The normalized spacial score (nSPS) is 24.4. The van der Waals surface area contributed by atoms with Gasteiger partial charge in [0.15, 0.2) is 0 Å². The number of imide groups is 1. The van der Waals surface area contributed by atoms with Crippen molar-refractivity contribution in [2.75, 3.05) is 32.8 Å². The van der Waals surface area contributed by atoms with Crippen LogP contribution in [-0.4, -0.2) is 68.2 Å². The van der Waals surface area contributed by atoms with Crippen molar-refractivity contribution in [3.05, 3.63) is 29.8 Å². The third-order valence-electron chi connectivity index (χ3n) is 6.53. The monoisotopic (exact) mass is 463 g/mol. The molecule has 0 bridgehead atoms. The summed E-state index contributed by atoms with van der Waals surface area (Å²) in [5.41, 5.74) is 0.492. The van der Waals surface area contributed by atoms with Crippen LogP contribution in [0.2, 0.25) is 0 Å². The highest BCUT2D eigenvalue weighted by Crippen LogP contribution is 2.37. The molecule has 9 nitrogen and oxygen atoms in total. The minimum absolute atomic E-state index is 0.00466. The molecule has 3 fully saturated rings. The molecule has 0 radical (unpaired) electrons. The standard InChI is InChI=1S/C22H29N3O6S/c26-20(9-10-25-21(27)17-6-2-3-7-18(17)22(25)28)23-15-16-5-1-4-8-19(16)32(29,30)24-11-13-31-14-12-24/h1,4-5,8,17-18H,2-3,6-7,9-15H2,(H,23,26)/t17-,18+. The van der Waals surface area contributed by atoms with E-state index in [4.69, 9.17) is 4.74 Å².